The van der Waals surface area contributed by atoms with Crippen molar-refractivity contribution in [3.63, 3.8) is 0 Å². The van der Waals surface area contributed by atoms with E-state index in [1.54, 1.807) is 18.2 Å². The zero-order valence-corrected chi connectivity index (χ0v) is 17.8. The molecular formula is C19H20ClN5O4S. The van der Waals surface area contributed by atoms with Crippen molar-refractivity contribution < 1.29 is 14.3 Å². The average molecular weight is 450 g/mol. The molecule has 0 radical (unpaired) electrons. The first-order valence-electron chi connectivity index (χ1n) is 9.37. The number of aromatic amines is 1. The fourth-order valence-electron chi connectivity index (χ4n) is 3.29. The molecule has 0 aliphatic carbocycles. The van der Waals surface area contributed by atoms with E-state index in [4.69, 9.17) is 21.1 Å². The summed E-state index contributed by atoms with van der Waals surface area (Å²) in [6.07, 6.45) is 3.32. The lowest BCUT2D eigenvalue weighted by atomic mass is 10.2. The second kappa shape index (κ2) is 9.07. The number of amides is 1. The lowest BCUT2D eigenvalue weighted by molar-refractivity contribution is -0.113. The largest absolute Gasteiger partial charge is 0.495 e. The number of halogens is 1. The van der Waals surface area contributed by atoms with Gasteiger partial charge in [0.05, 0.1) is 37.5 Å². The summed E-state index contributed by atoms with van der Waals surface area (Å²) in [6.45, 7) is 1.25. The first-order valence-corrected chi connectivity index (χ1v) is 10.7. The molecule has 2 aromatic heterocycles. The molecule has 9 nitrogen and oxygen atoms in total. The maximum absolute atomic E-state index is 12.5. The van der Waals surface area contributed by atoms with Crippen LogP contribution in [0.5, 0.6) is 5.75 Å². The van der Waals surface area contributed by atoms with Crippen molar-refractivity contribution in [1.29, 1.82) is 0 Å². The molecule has 1 atom stereocenters. The predicted molar refractivity (Wildman–Crippen MR) is 114 cm³/mol. The Morgan fingerprint density at radius 2 is 2.37 bits per heavy atom. The van der Waals surface area contributed by atoms with Crippen molar-refractivity contribution in [2.45, 2.75) is 30.6 Å². The summed E-state index contributed by atoms with van der Waals surface area (Å²) in [6, 6.07) is 4.99. The van der Waals surface area contributed by atoms with Crippen molar-refractivity contribution in [1.82, 2.24) is 19.5 Å². The van der Waals surface area contributed by atoms with Crippen molar-refractivity contribution in [2.75, 3.05) is 24.8 Å². The fraction of sp³-hybridized carbons (Fsp3) is 0.368. The van der Waals surface area contributed by atoms with Gasteiger partial charge in [0, 0.05) is 11.6 Å². The average Bonchev–Trinajstić information content (AvgIpc) is 3.36. The number of hydrogen-bond acceptors (Lipinski definition) is 7. The Kier molecular flexibility index (Phi) is 6.26. The molecule has 1 saturated heterocycles. The standard InChI is InChI=1S/C19H20ClN5O4S/c1-28-14-5-4-11(20)7-13(14)23-15(26)9-30-19-24-16-17(21-10-22-18(16)27)25(19)8-12-3-2-6-29-12/h4-5,7,10,12H,2-3,6,8-9H2,1H3,(H,23,26)(H,21,22,27)/t12-/m0/s1. The van der Waals surface area contributed by atoms with Gasteiger partial charge in [0.25, 0.3) is 5.56 Å². The minimum Gasteiger partial charge on any atom is -0.495 e. The number of nitrogens with one attached hydrogen (secondary N) is 2. The van der Waals surface area contributed by atoms with E-state index < -0.39 is 0 Å². The zero-order valence-electron chi connectivity index (χ0n) is 16.2. The molecular weight excluding hydrogens is 430 g/mol. The Morgan fingerprint density at radius 3 is 3.13 bits per heavy atom. The fourth-order valence-corrected chi connectivity index (χ4v) is 4.27. The Bertz CT molecular complexity index is 1130. The predicted octanol–water partition coefficient (Wildman–Crippen LogP) is 2.69. The van der Waals surface area contributed by atoms with E-state index in [0.29, 0.717) is 33.8 Å². The van der Waals surface area contributed by atoms with E-state index in [9.17, 15) is 9.59 Å². The molecule has 3 heterocycles. The summed E-state index contributed by atoms with van der Waals surface area (Å²) in [7, 11) is 1.52. The molecule has 1 amide bonds. The second-order valence-electron chi connectivity index (χ2n) is 6.73. The maximum Gasteiger partial charge on any atom is 0.278 e. The topological polar surface area (TPSA) is 111 Å². The molecule has 11 heteroatoms. The summed E-state index contributed by atoms with van der Waals surface area (Å²) in [5.41, 5.74) is 0.895. The third-order valence-electron chi connectivity index (χ3n) is 4.68. The van der Waals surface area contributed by atoms with Crippen LogP contribution in [0.1, 0.15) is 12.8 Å². The first-order chi connectivity index (χ1) is 14.5. The minimum atomic E-state index is -0.318. The molecule has 30 heavy (non-hydrogen) atoms. The Balaban J connectivity index is 1.53. The summed E-state index contributed by atoms with van der Waals surface area (Å²) >= 11 is 7.24. The molecule has 1 aliphatic heterocycles. The third kappa shape index (κ3) is 4.45. The number of hydrogen-bond donors (Lipinski definition) is 2. The number of carbonyl (C=O) groups is 1. The summed E-state index contributed by atoms with van der Waals surface area (Å²) < 4.78 is 12.8. The van der Waals surface area contributed by atoms with Gasteiger partial charge in [-0.3, -0.25) is 9.59 Å². The number of H-pyrrole nitrogens is 1. The van der Waals surface area contributed by atoms with E-state index in [2.05, 4.69) is 20.3 Å². The maximum atomic E-state index is 12.5. The SMILES string of the molecule is COc1ccc(Cl)cc1NC(=O)CSc1nc2c(=O)[nH]cnc2n1C[C@@H]1CCCO1. The number of fused-ring (bicyclic) bond motifs is 1. The number of imidazole rings is 1. The van der Waals surface area contributed by atoms with Gasteiger partial charge in [-0.2, -0.15) is 0 Å². The first kappa shape index (κ1) is 20.7. The number of rotatable bonds is 7. The molecule has 0 saturated carbocycles. The van der Waals surface area contributed by atoms with Crippen LogP contribution in [0.15, 0.2) is 34.5 Å². The molecule has 2 N–H and O–H groups in total. The highest BCUT2D eigenvalue weighted by molar-refractivity contribution is 7.99. The Labute approximate surface area is 181 Å². The van der Waals surface area contributed by atoms with Gasteiger partial charge >= 0.3 is 0 Å². The number of benzene rings is 1. The van der Waals surface area contributed by atoms with E-state index in [1.165, 1.54) is 25.2 Å². The van der Waals surface area contributed by atoms with Crippen LogP contribution in [0.3, 0.4) is 0 Å². The molecule has 0 unspecified atom stereocenters. The number of ether oxygens (including phenoxy) is 2. The molecule has 3 aromatic rings. The van der Waals surface area contributed by atoms with Gasteiger partial charge < -0.3 is 24.3 Å². The summed E-state index contributed by atoms with van der Waals surface area (Å²) in [5, 5.41) is 3.82. The lowest BCUT2D eigenvalue weighted by Gasteiger charge is -2.13. The monoisotopic (exact) mass is 449 g/mol. The van der Waals surface area contributed by atoms with E-state index in [1.807, 2.05) is 4.57 Å². The Morgan fingerprint density at radius 1 is 1.50 bits per heavy atom. The van der Waals surface area contributed by atoms with Gasteiger partial charge in [0.15, 0.2) is 16.3 Å². The van der Waals surface area contributed by atoms with Crippen LogP contribution in [-0.4, -0.2) is 51.0 Å². The third-order valence-corrected chi connectivity index (χ3v) is 5.89. The molecule has 1 aromatic carbocycles. The van der Waals surface area contributed by atoms with Gasteiger partial charge in [0.2, 0.25) is 5.91 Å². The van der Waals surface area contributed by atoms with Gasteiger partial charge in [-0.15, -0.1) is 0 Å². The smallest absolute Gasteiger partial charge is 0.278 e. The highest BCUT2D eigenvalue weighted by Crippen LogP contribution is 2.29. The van der Waals surface area contributed by atoms with Crippen molar-refractivity contribution in [2.24, 2.45) is 0 Å². The van der Waals surface area contributed by atoms with E-state index in [0.717, 1.165) is 19.4 Å². The summed E-state index contributed by atoms with van der Waals surface area (Å²) in [5.74, 6) is 0.347. The molecule has 1 aliphatic rings. The van der Waals surface area contributed by atoms with Crippen LogP contribution < -0.4 is 15.6 Å². The van der Waals surface area contributed by atoms with Crippen LogP contribution in [-0.2, 0) is 16.1 Å². The van der Waals surface area contributed by atoms with Gasteiger partial charge in [-0.1, -0.05) is 23.4 Å². The quantitative estimate of drug-likeness (QED) is 0.533. The normalized spacial score (nSPS) is 16.1. The number of aromatic nitrogens is 4. The van der Waals surface area contributed by atoms with Crippen molar-refractivity contribution >= 4 is 46.1 Å². The molecule has 1 fully saturated rings. The van der Waals surface area contributed by atoms with Crippen molar-refractivity contribution in [3.8, 4) is 5.75 Å². The van der Waals surface area contributed by atoms with Crippen LogP contribution in [0.2, 0.25) is 5.02 Å². The number of nitrogens with zero attached hydrogens (tertiary/aromatic N) is 3. The Hall–Kier alpha value is -2.56. The number of methoxy groups -OCH3 is 1. The molecule has 158 valence electrons. The van der Waals surface area contributed by atoms with Gasteiger partial charge in [0.1, 0.15) is 5.75 Å². The highest BCUT2D eigenvalue weighted by Gasteiger charge is 2.22. The van der Waals surface area contributed by atoms with E-state index in [-0.39, 0.29) is 28.8 Å². The molecule has 0 bridgehead atoms. The number of carbonyl (C=O) groups excluding carboxylic acids is 1. The summed E-state index contributed by atoms with van der Waals surface area (Å²) in [4.78, 5) is 35.9. The number of anilines is 1. The van der Waals surface area contributed by atoms with Gasteiger partial charge in [-0.25, -0.2) is 9.97 Å². The number of thioether (sulfide) groups is 1. The van der Waals surface area contributed by atoms with Crippen LogP contribution in [0.4, 0.5) is 5.69 Å². The lowest BCUT2D eigenvalue weighted by Crippen LogP contribution is -2.18. The minimum absolute atomic E-state index is 0.0346. The van der Waals surface area contributed by atoms with E-state index >= 15 is 0 Å². The molecule has 0 spiro atoms. The second-order valence-corrected chi connectivity index (χ2v) is 8.10. The van der Waals surface area contributed by atoms with Crippen LogP contribution >= 0.6 is 23.4 Å². The van der Waals surface area contributed by atoms with Crippen LogP contribution in [0, 0.1) is 0 Å². The van der Waals surface area contributed by atoms with Crippen molar-refractivity contribution in [3.05, 3.63) is 39.9 Å². The van der Waals surface area contributed by atoms with Crippen LogP contribution in [0.25, 0.3) is 11.2 Å². The molecule has 4 rings (SSSR count). The zero-order chi connectivity index (χ0) is 21.1. The van der Waals surface area contributed by atoms with Gasteiger partial charge in [-0.05, 0) is 31.0 Å². The highest BCUT2D eigenvalue weighted by atomic mass is 35.5.